The lowest BCUT2D eigenvalue weighted by Gasteiger charge is -2.26. The van der Waals surface area contributed by atoms with E-state index in [2.05, 4.69) is 10.2 Å². The molecule has 1 heterocycles. The fourth-order valence-electron chi connectivity index (χ4n) is 2.89. The zero-order valence-corrected chi connectivity index (χ0v) is 15.1. The second-order valence-electron chi connectivity index (χ2n) is 6.33. The molecule has 2 aromatic rings. The lowest BCUT2D eigenvalue weighted by molar-refractivity contribution is 0.0342. The van der Waals surface area contributed by atoms with E-state index in [-0.39, 0.29) is 11.9 Å². The summed E-state index contributed by atoms with van der Waals surface area (Å²) < 4.78 is 5.37. The maximum absolute atomic E-state index is 12.4. The van der Waals surface area contributed by atoms with Crippen molar-refractivity contribution in [3.63, 3.8) is 0 Å². The van der Waals surface area contributed by atoms with E-state index in [4.69, 9.17) is 16.3 Å². The second-order valence-corrected chi connectivity index (χ2v) is 6.77. The average Bonchev–Trinajstić information content (AvgIpc) is 2.63. The summed E-state index contributed by atoms with van der Waals surface area (Å²) in [7, 11) is 0. The minimum atomic E-state index is -0.0715. The van der Waals surface area contributed by atoms with Gasteiger partial charge in [-0.25, -0.2) is 0 Å². The normalized spacial score (nSPS) is 16.4. The lowest BCUT2D eigenvalue weighted by atomic mass is 10.1. The zero-order valence-electron chi connectivity index (χ0n) is 14.4. The van der Waals surface area contributed by atoms with Gasteiger partial charge in [0.05, 0.1) is 19.3 Å². The molecule has 1 fully saturated rings. The average molecular weight is 359 g/mol. The highest BCUT2D eigenvalue weighted by atomic mass is 35.5. The van der Waals surface area contributed by atoms with Gasteiger partial charge in [0.25, 0.3) is 5.91 Å². The first-order chi connectivity index (χ1) is 12.1. The van der Waals surface area contributed by atoms with Crippen LogP contribution in [0.2, 0.25) is 5.02 Å². The molecule has 0 aromatic heterocycles. The number of benzene rings is 2. The molecule has 3 rings (SSSR count). The Labute approximate surface area is 153 Å². The number of morpholine rings is 1. The SMILES string of the molecule is C[C@H](NC(=O)c1ccc(CN2CCOCC2)cc1)c1ccc(Cl)cc1. The summed E-state index contributed by atoms with van der Waals surface area (Å²) in [6.45, 7) is 6.37. The van der Waals surface area contributed by atoms with E-state index in [1.807, 2.05) is 55.5 Å². The van der Waals surface area contributed by atoms with Gasteiger partial charge in [-0.2, -0.15) is 0 Å². The predicted molar refractivity (Wildman–Crippen MR) is 99.9 cm³/mol. The maximum atomic E-state index is 12.4. The first kappa shape index (κ1) is 17.9. The van der Waals surface area contributed by atoms with Crippen molar-refractivity contribution in [2.24, 2.45) is 0 Å². The van der Waals surface area contributed by atoms with Gasteiger partial charge in [0.15, 0.2) is 0 Å². The van der Waals surface area contributed by atoms with E-state index >= 15 is 0 Å². The molecule has 132 valence electrons. The third-order valence-corrected chi connectivity index (χ3v) is 4.70. The molecule has 0 spiro atoms. The Hall–Kier alpha value is -1.88. The molecule has 0 bridgehead atoms. The Kier molecular flexibility index (Phi) is 6.08. The van der Waals surface area contributed by atoms with Crippen molar-refractivity contribution in [3.8, 4) is 0 Å². The summed E-state index contributed by atoms with van der Waals surface area (Å²) in [6, 6.07) is 15.3. The number of nitrogens with one attached hydrogen (secondary N) is 1. The third-order valence-electron chi connectivity index (χ3n) is 4.44. The quantitative estimate of drug-likeness (QED) is 0.886. The molecule has 1 aliphatic rings. The van der Waals surface area contributed by atoms with E-state index < -0.39 is 0 Å². The minimum Gasteiger partial charge on any atom is -0.379 e. The summed E-state index contributed by atoms with van der Waals surface area (Å²) in [6.07, 6.45) is 0. The number of carbonyl (C=O) groups excluding carboxylic acids is 1. The van der Waals surface area contributed by atoms with Crippen molar-refractivity contribution < 1.29 is 9.53 Å². The molecular weight excluding hydrogens is 336 g/mol. The van der Waals surface area contributed by atoms with E-state index in [1.54, 1.807) is 0 Å². The van der Waals surface area contributed by atoms with Gasteiger partial charge in [-0.3, -0.25) is 9.69 Å². The lowest BCUT2D eigenvalue weighted by Crippen LogP contribution is -2.35. The van der Waals surface area contributed by atoms with Crippen LogP contribution in [0.15, 0.2) is 48.5 Å². The van der Waals surface area contributed by atoms with Crippen molar-refractivity contribution >= 4 is 17.5 Å². The number of hydrogen-bond donors (Lipinski definition) is 1. The standard InChI is InChI=1S/C20H23ClN2O2/c1-15(17-6-8-19(21)9-7-17)22-20(24)18-4-2-16(3-5-18)14-23-10-12-25-13-11-23/h2-9,15H,10-14H2,1H3,(H,22,24)/t15-/m0/s1. The molecule has 0 saturated carbocycles. The van der Waals surface area contributed by atoms with Gasteiger partial charge in [0.1, 0.15) is 0 Å². The van der Waals surface area contributed by atoms with E-state index in [9.17, 15) is 4.79 Å². The molecule has 1 amide bonds. The van der Waals surface area contributed by atoms with Crippen LogP contribution in [0.1, 0.15) is 34.5 Å². The number of rotatable bonds is 5. The van der Waals surface area contributed by atoms with E-state index in [0.29, 0.717) is 10.6 Å². The molecule has 1 atom stereocenters. The molecule has 1 saturated heterocycles. The smallest absolute Gasteiger partial charge is 0.251 e. The first-order valence-corrected chi connectivity index (χ1v) is 8.95. The summed E-state index contributed by atoms with van der Waals surface area (Å²) in [4.78, 5) is 14.8. The third kappa shape index (κ3) is 5.05. The molecule has 1 N–H and O–H groups in total. The van der Waals surface area contributed by atoms with Crippen LogP contribution in [0.3, 0.4) is 0 Å². The molecule has 2 aromatic carbocycles. The number of amides is 1. The van der Waals surface area contributed by atoms with Gasteiger partial charge in [-0.1, -0.05) is 35.9 Å². The maximum Gasteiger partial charge on any atom is 0.251 e. The van der Waals surface area contributed by atoms with Crippen LogP contribution in [0.25, 0.3) is 0 Å². The summed E-state index contributed by atoms with van der Waals surface area (Å²) in [5.41, 5.74) is 2.91. The van der Waals surface area contributed by atoms with Gasteiger partial charge in [-0.15, -0.1) is 0 Å². The van der Waals surface area contributed by atoms with Gasteiger partial charge < -0.3 is 10.1 Å². The van der Waals surface area contributed by atoms with Crippen LogP contribution in [0.4, 0.5) is 0 Å². The first-order valence-electron chi connectivity index (χ1n) is 8.57. The second kappa shape index (κ2) is 8.48. The summed E-state index contributed by atoms with van der Waals surface area (Å²) in [5, 5.41) is 3.72. The number of ether oxygens (including phenoxy) is 1. The fourth-order valence-corrected chi connectivity index (χ4v) is 3.02. The van der Waals surface area contributed by atoms with E-state index in [1.165, 1.54) is 5.56 Å². The largest absolute Gasteiger partial charge is 0.379 e. The van der Waals surface area contributed by atoms with Gasteiger partial charge in [-0.05, 0) is 42.3 Å². The molecular formula is C20H23ClN2O2. The molecule has 1 aliphatic heterocycles. The molecule has 0 aliphatic carbocycles. The number of halogens is 1. The van der Waals surface area contributed by atoms with Crippen LogP contribution in [0.5, 0.6) is 0 Å². The Morgan fingerprint density at radius 1 is 1.12 bits per heavy atom. The van der Waals surface area contributed by atoms with Crippen LogP contribution < -0.4 is 5.32 Å². The van der Waals surface area contributed by atoms with Crippen molar-refractivity contribution in [2.75, 3.05) is 26.3 Å². The van der Waals surface area contributed by atoms with Crippen LogP contribution in [0, 0.1) is 0 Å². The number of hydrogen-bond acceptors (Lipinski definition) is 3. The Morgan fingerprint density at radius 3 is 2.40 bits per heavy atom. The molecule has 0 radical (unpaired) electrons. The predicted octanol–water partition coefficient (Wildman–Crippen LogP) is 3.66. The topological polar surface area (TPSA) is 41.6 Å². The summed E-state index contributed by atoms with van der Waals surface area (Å²) in [5.74, 6) is -0.0691. The fraction of sp³-hybridized carbons (Fsp3) is 0.350. The van der Waals surface area contributed by atoms with Crippen molar-refractivity contribution in [2.45, 2.75) is 19.5 Å². The van der Waals surface area contributed by atoms with Crippen molar-refractivity contribution in [1.29, 1.82) is 0 Å². The van der Waals surface area contributed by atoms with Gasteiger partial charge >= 0.3 is 0 Å². The van der Waals surface area contributed by atoms with Gasteiger partial charge in [0, 0.05) is 30.2 Å². The Bertz CT molecular complexity index is 695. The van der Waals surface area contributed by atoms with E-state index in [0.717, 1.165) is 38.4 Å². The monoisotopic (exact) mass is 358 g/mol. The number of carbonyl (C=O) groups is 1. The minimum absolute atomic E-state index is 0.0691. The van der Waals surface area contributed by atoms with Crippen molar-refractivity contribution in [1.82, 2.24) is 10.2 Å². The van der Waals surface area contributed by atoms with Gasteiger partial charge in [0.2, 0.25) is 0 Å². The molecule has 0 unspecified atom stereocenters. The van der Waals surface area contributed by atoms with Crippen LogP contribution >= 0.6 is 11.6 Å². The zero-order chi connectivity index (χ0) is 17.6. The molecule has 5 heteroatoms. The molecule has 25 heavy (non-hydrogen) atoms. The highest BCUT2D eigenvalue weighted by Gasteiger charge is 2.13. The Morgan fingerprint density at radius 2 is 1.76 bits per heavy atom. The number of nitrogens with zero attached hydrogens (tertiary/aromatic N) is 1. The van der Waals surface area contributed by atoms with Crippen LogP contribution in [-0.2, 0) is 11.3 Å². The molecule has 4 nitrogen and oxygen atoms in total. The van der Waals surface area contributed by atoms with Crippen LogP contribution in [-0.4, -0.2) is 37.1 Å². The van der Waals surface area contributed by atoms with Crippen molar-refractivity contribution in [3.05, 3.63) is 70.2 Å². The Balaban J connectivity index is 1.57. The highest BCUT2D eigenvalue weighted by molar-refractivity contribution is 6.30. The summed E-state index contributed by atoms with van der Waals surface area (Å²) >= 11 is 5.90. The highest BCUT2D eigenvalue weighted by Crippen LogP contribution is 2.17.